The minimum atomic E-state index is -0.942. The number of carboxylic acid groups (broad SMARTS) is 1. The largest absolute Gasteiger partial charge is 0.481 e. The zero-order valence-electron chi connectivity index (χ0n) is 7.49. The van der Waals surface area contributed by atoms with Crippen LogP contribution in [0.3, 0.4) is 0 Å². The SMILES string of the molecule is COC(=O)C1=CC(C(=O)O)CC=C1Br. The molecule has 1 unspecified atom stereocenters. The van der Waals surface area contributed by atoms with E-state index in [1.807, 2.05) is 0 Å². The summed E-state index contributed by atoms with van der Waals surface area (Å²) < 4.78 is 5.10. The lowest BCUT2D eigenvalue weighted by molar-refractivity contribution is -0.140. The number of allylic oxidation sites excluding steroid dienone is 1. The third-order valence-corrected chi connectivity index (χ3v) is 2.65. The van der Waals surface area contributed by atoms with Gasteiger partial charge >= 0.3 is 11.9 Å². The zero-order valence-corrected chi connectivity index (χ0v) is 9.08. The fourth-order valence-corrected chi connectivity index (χ4v) is 1.62. The Morgan fingerprint density at radius 1 is 1.64 bits per heavy atom. The first-order chi connectivity index (χ1) is 6.56. The number of methoxy groups -OCH3 is 1. The van der Waals surface area contributed by atoms with Crippen LogP contribution >= 0.6 is 15.9 Å². The Labute approximate surface area is 89.4 Å². The van der Waals surface area contributed by atoms with E-state index in [4.69, 9.17) is 5.11 Å². The summed E-state index contributed by atoms with van der Waals surface area (Å²) >= 11 is 3.17. The number of hydrogen-bond acceptors (Lipinski definition) is 3. The number of rotatable bonds is 2. The van der Waals surface area contributed by atoms with Crippen molar-refractivity contribution in [3.05, 3.63) is 22.2 Å². The smallest absolute Gasteiger partial charge is 0.338 e. The summed E-state index contributed by atoms with van der Waals surface area (Å²) in [4.78, 5) is 21.9. The summed E-state index contributed by atoms with van der Waals surface area (Å²) in [6.07, 6.45) is 3.44. The van der Waals surface area contributed by atoms with Crippen molar-refractivity contribution in [2.24, 2.45) is 5.92 Å². The van der Waals surface area contributed by atoms with Gasteiger partial charge in [-0.05, 0) is 6.42 Å². The van der Waals surface area contributed by atoms with Crippen LogP contribution < -0.4 is 0 Å². The van der Waals surface area contributed by atoms with Gasteiger partial charge in [0, 0.05) is 4.48 Å². The number of hydrogen-bond donors (Lipinski definition) is 1. The van der Waals surface area contributed by atoms with E-state index >= 15 is 0 Å². The third kappa shape index (κ3) is 2.23. The topological polar surface area (TPSA) is 63.6 Å². The van der Waals surface area contributed by atoms with E-state index < -0.39 is 17.9 Å². The molecule has 0 aliphatic heterocycles. The molecular weight excluding hydrogens is 252 g/mol. The number of esters is 1. The number of halogens is 1. The molecule has 0 spiro atoms. The van der Waals surface area contributed by atoms with Crippen LogP contribution in [0.5, 0.6) is 0 Å². The highest BCUT2D eigenvalue weighted by molar-refractivity contribution is 9.12. The summed E-state index contributed by atoms with van der Waals surface area (Å²) in [5, 5.41) is 8.76. The molecule has 0 aromatic heterocycles. The van der Waals surface area contributed by atoms with Crippen molar-refractivity contribution in [2.45, 2.75) is 6.42 Å². The molecule has 0 fully saturated rings. The van der Waals surface area contributed by atoms with E-state index in [0.717, 1.165) is 0 Å². The van der Waals surface area contributed by atoms with Gasteiger partial charge in [-0.2, -0.15) is 0 Å². The Hall–Kier alpha value is -1.10. The van der Waals surface area contributed by atoms with Gasteiger partial charge in [-0.15, -0.1) is 0 Å². The fraction of sp³-hybridized carbons (Fsp3) is 0.333. The van der Waals surface area contributed by atoms with Gasteiger partial charge in [0.05, 0.1) is 18.6 Å². The Kier molecular flexibility index (Phi) is 3.46. The lowest BCUT2D eigenvalue weighted by Crippen LogP contribution is -2.17. The molecule has 1 aliphatic carbocycles. The molecule has 76 valence electrons. The predicted octanol–water partition coefficient (Wildman–Crippen LogP) is 1.47. The van der Waals surface area contributed by atoms with Crippen molar-refractivity contribution in [3.63, 3.8) is 0 Å². The maximum absolute atomic E-state index is 11.2. The number of carbonyl (C=O) groups is 2. The van der Waals surface area contributed by atoms with Gasteiger partial charge in [0.1, 0.15) is 0 Å². The lowest BCUT2D eigenvalue weighted by Gasteiger charge is -2.14. The molecule has 0 bridgehead atoms. The maximum atomic E-state index is 11.2. The molecule has 0 aromatic rings. The van der Waals surface area contributed by atoms with Gasteiger partial charge in [0.2, 0.25) is 0 Å². The predicted molar refractivity (Wildman–Crippen MR) is 52.9 cm³/mol. The van der Waals surface area contributed by atoms with Gasteiger partial charge < -0.3 is 9.84 Å². The fourth-order valence-electron chi connectivity index (χ4n) is 1.14. The van der Waals surface area contributed by atoms with E-state index in [1.54, 1.807) is 6.08 Å². The quantitative estimate of drug-likeness (QED) is 0.764. The van der Waals surface area contributed by atoms with Crippen LogP contribution in [0.1, 0.15) is 6.42 Å². The van der Waals surface area contributed by atoms with Crippen molar-refractivity contribution < 1.29 is 19.4 Å². The molecule has 14 heavy (non-hydrogen) atoms. The van der Waals surface area contributed by atoms with Crippen molar-refractivity contribution in [2.75, 3.05) is 7.11 Å². The summed E-state index contributed by atoms with van der Waals surface area (Å²) in [5.41, 5.74) is 0.270. The highest BCUT2D eigenvalue weighted by Crippen LogP contribution is 2.27. The van der Waals surface area contributed by atoms with Gasteiger partial charge in [0.25, 0.3) is 0 Å². The standard InChI is InChI=1S/C9H9BrO4/c1-14-9(13)6-4-5(8(11)12)2-3-7(6)10/h3-5H,2H2,1H3,(H,11,12). The van der Waals surface area contributed by atoms with Gasteiger partial charge in [0.15, 0.2) is 0 Å². The second-order valence-electron chi connectivity index (χ2n) is 2.80. The van der Waals surface area contributed by atoms with Crippen LogP contribution in [0.15, 0.2) is 22.2 Å². The number of carboxylic acids is 1. The number of ether oxygens (including phenoxy) is 1. The first-order valence-electron chi connectivity index (χ1n) is 3.95. The normalized spacial score (nSPS) is 20.9. The molecule has 5 heteroatoms. The molecule has 0 heterocycles. The molecule has 0 aromatic carbocycles. The summed E-state index contributed by atoms with van der Waals surface area (Å²) in [6.45, 7) is 0. The molecule has 1 aliphatic rings. The summed E-state index contributed by atoms with van der Waals surface area (Å²) in [7, 11) is 1.26. The Bertz CT molecular complexity index is 330. The molecule has 0 saturated heterocycles. The Morgan fingerprint density at radius 2 is 2.29 bits per heavy atom. The highest BCUT2D eigenvalue weighted by Gasteiger charge is 2.23. The first-order valence-corrected chi connectivity index (χ1v) is 4.74. The lowest BCUT2D eigenvalue weighted by atomic mass is 9.96. The number of aliphatic carboxylic acids is 1. The first kappa shape index (κ1) is 11.0. The Balaban J connectivity index is 2.94. The van der Waals surface area contributed by atoms with Gasteiger partial charge in [-0.25, -0.2) is 4.79 Å². The minimum absolute atomic E-state index is 0.270. The molecule has 0 radical (unpaired) electrons. The van der Waals surface area contributed by atoms with E-state index in [-0.39, 0.29) is 5.57 Å². The van der Waals surface area contributed by atoms with Crippen LogP contribution in [-0.4, -0.2) is 24.2 Å². The van der Waals surface area contributed by atoms with Crippen LogP contribution in [0.25, 0.3) is 0 Å². The van der Waals surface area contributed by atoms with Crippen LogP contribution in [0.2, 0.25) is 0 Å². The molecule has 0 saturated carbocycles. The van der Waals surface area contributed by atoms with Crippen LogP contribution in [-0.2, 0) is 14.3 Å². The second-order valence-corrected chi connectivity index (χ2v) is 3.66. The Morgan fingerprint density at radius 3 is 2.79 bits per heavy atom. The van der Waals surface area contributed by atoms with Crippen molar-refractivity contribution in [3.8, 4) is 0 Å². The second kappa shape index (κ2) is 4.41. The molecule has 0 amide bonds. The van der Waals surface area contributed by atoms with Crippen LogP contribution in [0.4, 0.5) is 0 Å². The van der Waals surface area contributed by atoms with E-state index in [0.29, 0.717) is 10.9 Å². The van der Waals surface area contributed by atoms with Gasteiger partial charge in [-0.3, -0.25) is 4.79 Å². The van der Waals surface area contributed by atoms with Gasteiger partial charge in [-0.1, -0.05) is 28.1 Å². The zero-order chi connectivity index (χ0) is 10.7. The van der Waals surface area contributed by atoms with Crippen molar-refractivity contribution in [1.82, 2.24) is 0 Å². The van der Waals surface area contributed by atoms with Crippen LogP contribution in [0, 0.1) is 5.92 Å². The number of carbonyl (C=O) groups excluding carboxylic acids is 1. The minimum Gasteiger partial charge on any atom is -0.481 e. The van der Waals surface area contributed by atoms with Crippen molar-refractivity contribution >= 4 is 27.9 Å². The molecule has 1 rings (SSSR count). The van der Waals surface area contributed by atoms with E-state index in [1.165, 1.54) is 13.2 Å². The highest BCUT2D eigenvalue weighted by atomic mass is 79.9. The molecule has 1 N–H and O–H groups in total. The molecule has 1 atom stereocenters. The average Bonchev–Trinajstić information content (AvgIpc) is 2.17. The van der Waals surface area contributed by atoms with E-state index in [2.05, 4.69) is 20.7 Å². The monoisotopic (exact) mass is 260 g/mol. The third-order valence-electron chi connectivity index (χ3n) is 1.90. The molecule has 4 nitrogen and oxygen atoms in total. The summed E-state index contributed by atoms with van der Waals surface area (Å²) in [6, 6.07) is 0. The van der Waals surface area contributed by atoms with Crippen molar-refractivity contribution in [1.29, 1.82) is 0 Å². The summed E-state index contributed by atoms with van der Waals surface area (Å²) in [5.74, 6) is -2.12. The maximum Gasteiger partial charge on any atom is 0.338 e. The molecular formula is C9H9BrO4. The average molecular weight is 261 g/mol. The van der Waals surface area contributed by atoms with E-state index in [9.17, 15) is 9.59 Å².